The Labute approximate surface area is 118 Å². The van der Waals surface area contributed by atoms with Gasteiger partial charge in [-0.05, 0) is 12.1 Å². The molecule has 2 aromatic rings. The van der Waals surface area contributed by atoms with Crippen LogP contribution in [0.25, 0.3) is 11.4 Å². The molecule has 1 aromatic heterocycles. The highest BCUT2D eigenvalue weighted by Crippen LogP contribution is 2.21. The summed E-state index contributed by atoms with van der Waals surface area (Å²) in [6, 6.07) is 6.76. The molecule has 1 aliphatic heterocycles. The molecule has 0 saturated carbocycles. The molecule has 3 rings (SSSR count). The summed E-state index contributed by atoms with van der Waals surface area (Å²) in [7, 11) is -3.22. The van der Waals surface area contributed by atoms with Crippen LogP contribution >= 0.6 is 0 Å². The largest absolute Gasteiger partial charge is 0.312 e. The smallest absolute Gasteiger partial charge is 0.175 e. The van der Waals surface area contributed by atoms with E-state index in [1.54, 1.807) is 18.2 Å². The maximum atomic E-state index is 11.6. The van der Waals surface area contributed by atoms with Crippen molar-refractivity contribution in [3.63, 3.8) is 0 Å². The van der Waals surface area contributed by atoms with E-state index >= 15 is 0 Å². The quantitative estimate of drug-likeness (QED) is 0.899. The molecule has 1 N–H and O–H groups in total. The van der Waals surface area contributed by atoms with Crippen LogP contribution in [-0.4, -0.2) is 31.2 Å². The second kappa shape index (κ2) is 4.96. The molecule has 0 unspecified atom stereocenters. The van der Waals surface area contributed by atoms with Gasteiger partial charge in [0, 0.05) is 43.1 Å². The van der Waals surface area contributed by atoms with Crippen LogP contribution in [0.1, 0.15) is 11.3 Å². The number of hydrogen-bond donors (Lipinski definition) is 1. The zero-order valence-electron chi connectivity index (χ0n) is 11.1. The van der Waals surface area contributed by atoms with Gasteiger partial charge in [-0.25, -0.2) is 18.4 Å². The molecule has 0 fully saturated rings. The summed E-state index contributed by atoms with van der Waals surface area (Å²) < 4.78 is 23.2. The lowest BCUT2D eigenvalue weighted by molar-refractivity contribution is 0.602. The van der Waals surface area contributed by atoms with Crippen LogP contribution in [0.3, 0.4) is 0 Å². The minimum Gasteiger partial charge on any atom is -0.312 e. The first kappa shape index (κ1) is 13.2. The lowest BCUT2D eigenvalue weighted by atomic mass is 10.1. The van der Waals surface area contributed by atoms with Gasteiger partial charge >= 0.3 is 0 Å². The highest BCUT2D eigenvalue weighted by molar-refractivity contribution is 7.90. The Hall–Kier alpha value is -1.79. The third kappa shape index (κ3) is 2.57. The van der Waals surface area contributed by atoms with Crippen molar-refractivity contribution in [2.45, 2.75) is 17.9 Å². The minimum absolute atomic E-state index is 0.290. The SMILES string of the molecule is CS(=O)(=O)c1cccc(-c2ncc3c(n2)CCNC3)c1. The van der Waals surface area contributed by atoms with E-state index < -0.39 is 9.84 Å². The first-order valence-electron chi connectivity index (χ1n) is 6.40. The van der Waals surface area contributed by atoms with Gasteiger partial charge in [0.2, 0.25) is 0 Å². The maximum absolute atomic E-state index is 11.6. The molecular weight excluding hydrogens is 274 g/mol. The Bertz CT molecular complexity index is 757. The number of aromatic nitrogens is 2. The number of benzene rings is 1. The van der Waals surface area contributed by atoms with Gasteiger partial charge in [-0.3, -0.25) is 0 Å². The van der Waals surface area contributed by atoms with Crippen molar-refractivity contribution in [2.75, 3.05) is 12.8 Å². The number of fused-ring (bicyclic) bond motifs is 1. The van der Waals surface area contributed by atoms with Gasteiger partial charge in [0.1, 0.15) is 0 Å². The Kier molecular flexibility index (Phi) is 3.27. The fourth-order valence-electron chi connectivity index (χ4n) is 2.24. The van der Waals surface area contributed by atoms with Gasteiger partial charge in [-0.1, -0.05) is 12.1 Å². The molecule has 0 saturated heterocycles. The molecule has 5 nitrogen and oxygen atoms in total. The summed E-state index contributed by atoms with van der Waals surface area (Å²) in [5.41, 5.74) is 2.88. The van der Waals surface area contributed by atoms with E-state index in [9.17, 15) is 8.42 Å². The van der Waals surface area contributed by atoms with E-state index in [4.69, 9.17) is 0 Å². The number of rotatable bonds is 2. The number of sulfone groups is 1. The summed E-state index contributed by atoms with van der Waals surface area (Å²) in [6.07, 6.45) is 3.89. The van der Waals surface area contributed by atoms with Crippen LogP contribution in [0.4, 0.5) is 0 Å². The summed E-state index contributed by atoms with van der Waals surface area (Å²) in [5, 5.41) is 3.27. The van der Waals surface area contributed by atoms with Gasteiger partial charge in [0.05, 0.1) is 10.6 Å². The zero-order chi connectivity index (χ0) is 14.2. The zero-order valence-corrected chi connectivity index (χ0v) is 11.9. The maximum Gasteiger partial charge on any atom is 0.175 e. The van der Waals surface area contributed by atoms with Crippen LogP contribution in [0.15, 0.2) is 35.4 Å². The second-order valence-electron chi connectivity index (χ2n) is 4.89. The third-order valence-electron chi connectivity index (χ3n) is 3.33. The highest BCUT2D eigenvalue weighted by atomic mass is 32.2. The van der Waals surface area contributed by atoms with E-state index in [0.717, 1.165) is 36.3 Å². The van der Waals surface area contributed by atoms with E-state index in [1.807, 2.05) is 12.3 Å². The molecule has 20 heavy (non-hydrogen) atoms. The molecule has 0 atom stereocenters. The van der Waals surface area contributed by atoms with E-state index in [2.05, 4.69) is 15.3 Å². The lowest BCUT2D eigenvalue weighted by Gasteiger charge is -2.16. The summed E-state index contributed by atoms with van der Waals surface area (Å²) in [4.78, 5) is 9.19. The molecule has 1 aliphatic rings. The third-order valence-corrected chi connectivity index (χ3v) is 4.44. The molecular formula is C14H15N3O2S. The van der Waals surface area contributed by atoms with E-state index in [-0.39, 0.29) is 4.90 Å². The summed E-state index contributed by atoms with van der Waals surface area (Å²) in [6.45, 7) is 1.70. The van der Waals surface area contributed by atoms with Crippen molar-refractivity contribution in [1.82, 2.24) is 15.3 Å². The van der Waals surface area contributed by atoms with Crippen molar-refractivity contribution in [3.8, 4) is 11.4 Å². The van der Waals surface area contributed by atoms with Crippen LogP contribution < -0.4 is 5.32 Å². The fourth-order valence-corrected chi connectivity index (χ4v) is 2.91. The van der Waals surface area contributed by atoms with Crippen LogP contribution in [-0.2, 0) is 22.8 Å². The number of nitrogens with zero attached hydrogens (tertiary/aromatic N) is 2. The molecule has 6 heteroatoms. The number of hydrogen-bond acceptors (Lipinski definition) is 5. The molecule has 0 bridgehead atoms. The first-order valence-corrected chi connectivity index (χ1v) is 8.29. The first-order chi connectivity index (χ1) is 9.54. The molecule has 0 aliphatic carbocycles. The van der Waals surface area contributed by atoms with Gasteiger partial charge in [-0.15, -0.1) is 0 Å². The lowest BCUT2D eigenvalue weighted by Crippen LogP contribution is -2.24. The van der Waals surface area contributed by atoms with Crippen LogP contribution in [0.2, 0.25) is 0 Å². The van der Waals surface area contributed by atoms with Crippen LogP contribution in [0, 0.1) is 0 Å². The monoisotopic (exact) mass is 289 g/mol. The number of nitrogens with one attached hydrogen (secondary N) is 1. The molecule has 0 amide bonds. The predicted molar refractivity (Wildman–Crippen MR) is 76.0 cm³/mol. The molecule has 0 radical (unpaired) electrons. The highest BCUT2D eigenvalue weighted by Gasteiger charge is 2.14. The fraction of sp³-hybridized carbons (Fsp3) is 0.286. The predicted octanol–water partition coefficient (Wildman–Crippen LogP) is 1.19. The summed E-state index contributed by atoms with van der Waals surface area (Å²) >= 11 is 0. The van der Waals surface area contributed by atoms with Crippen molar-refractivity contribution >= 4 is 9.84 Å². The molecule has 2 heterocycles. The molecule has 104 valence electrons. The average Bonchev–Trinajstić information content (AvgIpc) is 2.46. The Morgan fingerprint density at radius 3 is 2.95 bits per heavy atom. The second-order valence-corrected chi connectivity index (χ2v) is 6.91. The average molecular weight is 289 g/mol. The van der Waals surface area contributed by atoms with Crippen LogP contribution in [0.5, 0.6) is 0 Å². The van der Waals surface area contributed by atoms with E-state index in [1.165, 1.54) is 6.26 Å². The van der Waals surface area contributed by atoms with Crippen molar-refractivity contribution in [1.29, 1.82) is 0 Å². The van der Waals surface area contributed by atoms with Crippen molar-refractivity contribution < 1.29 is 8.42 Å². The van der Waals surface area contributed by atoms with Gasteiger partial charge in [0.15, 0.2) is 15.7 Å². The molecule has 0 spiro atoms. The summed E-state index contributed by atoms with van der Waals surface area (Å²) in [5.74, 6) is 0.580. The Morgan fingerprint density at radius 1 is 1.30 bits per heavy atom. The van der Waals surface area contributed by atoms with Gasteiger partial charge < -0.3 is 5.32 Å². The van der Waals surface area contributed by atoms with Crippen molar-refractivity contribution in [2.24, 2.45) is 0 Å². The topological polar surface area (TPSA) is 72.0 Å². The minimum atomic E-state index is -3.22. The molecule has 1 aromatic carbocycles. The Morgan fingerprint density at radius 2 is 2.15 bits per heavy atom. The van der Waals surface area contributed by atoms with E-state index in [0.29, 0.717) is 5.82 Å². The Balaban J connectivity index is 2.05. The standard InChI is InChI=1S/C14H15N3O2S/c1-20(18,19)12-4-2-3-10(7-12)14-16-9-11-8-15-6-5-13(11)17-14/h2-4,7,9,15H,5-6,8H2,1H3. The van der Waals surface area contributed by atoms with Gasteiger partial charge in [0.25, 0.3) is 0 Å². The van der Waals surface area contributed by atoms with Crippen molar-refractivity contribution in [3.05, 3.63) is 41.7 Å². The normalized spacial score (nSPS) is 14.8. The van der Waals surface area contributed by atoms with Gasteiger partial charge in [-0.2, -0.15) is 0 Å².